The topological polar surface area (TPSA) is 47.3 Å². The summed E-state index contributed by atoms with van der Waals surface area (Å²) in [6.45, 7) is 1.20. The fourth-order valence-electron chi connectivity index (χ4n) is 1.67. The van der Waals surface area contributed by atoms with Gasteiger partial charge in [-0.1, -0.05) is 0 Å². The molecular weight excluding hydrogens is 171 g/mol. The van der Waals surface area contributed by atoms with E-state index >= 15 is 0 Å². The highest BCUT2D eigenvalue weighted by Crippen LogP contribution is 2.15. The zero-order chi connectivity index (χ0) is 9.68. The Morgan fingerprint density at radius 2 is 2.46 bits per heavy atom. The van der Waals surface area contributed by atoms with Crippen molar-refractivity contribution < 1.29 is 9.50 Å². The molecule has 2 unspecified atom stereocenters. The molecule has 13 heavy (non-hydrogen) atoms. The highest BCUT2D eigenvalue weighted by molar-refractivity contribution is 4.88. The second kappa shape index (κ2) is 5.15. The summed E-state index contributed by atoms with van der Waals surface area (Å²) in [5, 5.41) is 17.8. The minimum absolute atomic E-state index is 0.0561. The fourth-order valence-corrected chi connectivity index (χ4v) is 1.67. The molecule has 0 aromatic heterocycles. The normalized spacial score (nSPS) is 26.7. The molecule has 1 N–H and O–H groups in total. The largest absolute Gasteiger partial charge is 0.389 e. The zero-order valence-corrected chi connectivity index (χ0v) is 7.62. The van der Waals surface area contributed by atoms with Gasteiger partial charge in [0.2, 0.25) is 0 Å². The number of likely N-dealkylation sites (tertiary alicyclic amines) is 1. The third kappa shape index (κ3) is 3.29. The van der Waals surface area contributed by atoms with Crippen LogP contribution in [0.15, 0.2) is 0 Å². The predicted molar refractivity (Wildman–Crippen MR) is 46.8 cm³/mol. The van der Waals surface area contributed by atoms with Crippen LogP contribution in [0.1, 0.15) is 12.8 Å². The number of rotatable bonds is 3. The molecule has 1 fully saturated rings. The molecule has 0 aliphatic carbocycles. The SMILES string of the molecule is N#CC1CCCN(CC(O)CF)C1. The van der Waals surface area contributed by atoms with Gasteiger partial charge in [0.1, 0.15) is 6.67 Å². The van der Waals surface area contributed by atoms with Crippen molar-refractivity contribution in [3.8, 4) is 6.07 Å². The summed E-state index contributed by atoms with van der Waals surface area (Å²) in [5.41, 5.74) is 0. The summed E-state index contributed by atoms with van der Waals surface area (Å²) in [6.07, 6.45) is 1.01. The van der Waals surface area contributed by atoms with E-state index in [1.54, 1.807) is 0 Å². The Bertz CT molecular complexity index is 193. The fraction of sp³-hybridized carbons (Fsp3) is 0.889. The van der Waals surface area contributed by atoms with E-state index in [0.29, 0.717) is 13.1 Å². The van der Waals surface area contributed by atoms with Gasteiger partial charge in [-0.05, 0) is 19.4 Å². The molecule has 0 saturated carbocycles. The monoisotopic (exact) mass is 186 g/mol. The number of aliphatic hydroxyl groups is 1. The molecule has 1 saturated heterocycles. The molecule has 0 aromatic rings. The van der Waals surface area contributed by atoms with E-state index in [1.165, 1.54) is 0 Å². The summed E-state index contributed by atoms with van der Waals surface area (Å²) in [5.74, 6) is 0.0561. The lowest BCUT2D eigenvalue weighted by atomic mass is 9.99. The highest BCUT2D eigenvalue weighted by Gasteiger charge is 2.20. The Labute approximate surface area is 77.8 Å². The molecule has 74 valence electrons. The van der Waals surface area contributed by atoms with Crippen LogP contribution in [0.5, 0.6) is 0 Å². The lowest BCUT2D eigenvalue weighted by Crippen LogP contribution is -2.40. The average Bonchev–Trinajstić information content (AvgIpc) is 2.18. The van der Waals surface area contributed by atoms with E-state index in [-0.39, 0.29) is 5.92 Å². The van der Waals surface area contributed by atoms with Crippen molar-refractivity contribution in [1.82, 2.24) is 4.90 Å². The molecule has 1 rings (SSSR count). The van der Waals surface area contributed by atoms with Gasteiger partial charge in [-0.2, -0.15) is 5.26 Å². The maximum atomic E-state index is 12.0. The molecule has 4 heteroatoms. The van der Waals surface area contributed by atoms with Crippen LogP contribution in [0.4, 0.5) is 4.39 Å². The first-order valence-corrected chi connectivity index (χ1v) is 4.62. The van der Waals surface area contributed by atoms with Crippen molar-refractivity contribution in [3.63, 3.8) is 0 Å². The van der Waals surface area contributed by atoms with Gasteiger partial charge in [0, 0.05) is 13.1 Å². The molecule has 0 radical (unpaired) electrons. The molecule has 1 heterocycles. The van der Waals surface area contributed by atoms with Gasteiger partial charge in [-0.25, -0.2) is 4.39 Å². The first-order chi connectivity index (χ1) is 6.26. The Morgan fingerprint density at radius 3 is 3.08 bits per heavy atom. The van der Waals surface area contributed by atoms with Crippen LogP contribution in [-0.4, -0.2) is 42.4 Å². The summed E-state index contributed by atoms with van der Waals surface area (Å²) < 4.78 is 12.0. The van der Waals surface area contributed by atoms with E-state index in [4.69, 9.17) is 10.4 Å². The summed E-state index contributed by atoms with van der Waals surface area (Å²) in [7, 11) is 0. The molecule has 0 aromatic carbocycles. The molecule has 0 bridgehead atoms. The van der Waals surface area contributed by atoms with E-state index < -0.39 is 12.8 Å². The van der Waals surface area contributed by atoms with Crippen molar-refractivity contribution in [2.75, 3.05) is 26.3 Å². The second-order valence-corrected chi connectivity index (χ2v) is 3.54. The van der Waals surface area contributed by atoms with Crippen LogP contribution in [-0.2, 0) is 0 Å². The molecule has 2 atom stereocenters. The number of alkyl halides is 1. The second-order valence-electron chi connectivity index (χ2n) is 3.54. The van der Waals surface area contributed by atoms with Crippen LogP contribution in [0.2, 0.25) is 0 Å². The van der Waals surface area contributed by atoms with Crippen molar-refractivity contribution in [1.29, 1.82) is 5.26 Å². The molecule has 0 spiro atoms. The lowest BCUT2D eigenvalue weighted by molar-refractivity contribution is 0.0745. The van der Waals surface area contributed by atoms with Crippen molar-refractivity contribution in [2.24, 2.45) is 5.92 Å². The summed E-state index contributed by atoms with van der Waals surface area (Å²) in [4.78, 5) is 1.96. The van der Waals surface area contributed by atoms with Crippen LogP contribution in [0, 0.1) is 17.2 Å². The maximum Gasteiger partial charge on any atom is 0.117 e. The first kappa shape index (κ1) is 10.4. The lowest BCUT2D eigenvalue weighted by Gasteiger charge is -2.30. The Balaban J connectivity index is 2.30. The zero-order valence-electron chi connectivity index (χ0n) is 7.62. The van der Waals surface area contributed by atoms with Gasteiger partial charge in [0.15, 0.2) is 0 Å². The number of aliphatic hydroxyl groups excluding tert-OH is 1. The number of nitrogens with zero attached hydrogens (tertiary/aromatic N) is 2. The van der Waals surface area contributed by atoms with Crippen LogP contribution in [0.25, 0.3) is 0 Å². The van der Waals surface area contributed by atoms with Gasteiger partial charge in [0.25, 0.3) is 0 Å². The van der Waals surface area contributed by atoms with E-state index in [2.05, 4.69) is 6.07 Å². The minimum Gasteiger partial charge on any atom is -0.389 e. The third-order valence-electron chi connectivity index (χ3n) is 2.34. The summed E-state index contributed by atoms with van der Waals surface area (Å²) >= 11 is 0. The average molecular weight is 186 g/mol. The van der Waals surface area contributed by atoms with Gasteiger partial charge in [-0.15, -0.1) is 0 Å². The van der Waals surface area contributed by atoms with Crippen molar-refractivity contribution in [3.05, 3.63) is 0 Å². The third-order valence-corrected chi connectivity index (χ3v) is 2.34. The number of halogens is 1. The van der Waals surface area contributed by atoms with Crippen LogP contribution < -0.4 is 0 Å². The number of hydrogen-bond donors (Lipinski definition) is 1. The van der Waals surface area contributed by atoms with Gasteiger partial charge >= 0.3 is 0 Å². The van der Waals surface area contributed by atoms with Crippen molar-refractivity contribution in [2.45, 2.75) is 18.9 Å². The van der Waals surface area contributed by atoms with Gasteiger partial charge in [-0.3, -0.25) is 4.90 Å². The van der Waals surface area contributed by atoms with E-state index in [9.17, 15) is 4.39 Å². The highest BCUT2D eigenvalue weighted by atomic mass is 19.1. The number of nitriles is 1. The minimum atomic E-state index is -0.891. The first-order valence-electron chi connectivity index (χ1n) is 4.62. The summed E-state index contributed by atoms with van der Waals surface area (Å²) in [6, 6.07) is 2.21. The molecule has 0 amide bonds. The molecule has 3 nitrogen and oxygen atoms in total. The smallest absolute Gasteiger partial charge is 0.117 e. The predicted octanol–water partition coefficient (Wildman–Crippen LogP) is 0.552. The van der Waals surface area contributed by atoms with Crippen molar-refractivity contribution >= 4 is 0 Å². The number of hydrogen-bond acceptors (Lipinski definition) is 3. The Morgan fingerprint density at radius 1 is 1.69 bits per heavy atom. The van der Waals surface area contributed by atoms with E-state index in [0.717, 1.165) is 19.4 Å². The Hall–Kier alpha value is -0.660. The van der Waals surface area contributed by atoms with E-state index in [1.807, 2.05) is 4.90 Å². The van der Waals surface area contributed by atoms with Gasteiger partial charge in [0.05, 0.1) is 18.1 Å². The quantitative estimate of drug-likeness (QED) is 0.700. The molecule has 1 aliphatic rings. The maximum absolute atomic E-state index is 12.0. The molecule has 1 aliphatic heterocycles. The molecular formula is C9H15FN2O. The van der Waals surface area contributed by atoms with Crippen LogP contribution >= 0.6 is 0 Å². The van der Waals surface area contributed by atoms with Crippen LogP contribution in [0.3, 0.4) is 0 Å². The standard InChI is InChI=1S/C9H15FN2O/c10-4-9(13)7-12-3-1-2-8(5-11)6-12/h8-9,13H,1-4,6-7H2. The Kier molecular flexibility index (Phi) is 4.13. The van der Waals surface area contributed by atoms with Gasteiger partial charge < -0.3 is 5.11 Å². The number of β-amino-alcohol motifs (C(OH)–C–C–N with tert-alkyl or cyclic N) is 1. The number of piperidine rings is 1.